The van der Waals surface area contributed by atoms with Crippen LogP contribution in [0.2, 0.25) is 0 Å². The van der Waals surface area contributed by atoms with E-state index >= 15 is 0 Å². The molecule has 1 heterocycles. The molecule has 7 heteroatoms. The Hall–Kier alpha value is -3.61. The lowest BCUT2D eigenvalue weighted by Gasteiger charge is -2.20. The van der Waals surface area contributed by atoms with E-state index < -0.39 is 0 Å². The Morgan fingerprint density at radius 3 is 2.34 bits per heavy atom. The fourth-order valence-corrected chi connectivity index (χ4v) is 2.62. The molecule has 0 fully saturated rings. The molecule has 0 atom stereocenters. The molecule has 0 bridgehead atoms. The lowest BCUT2D eigenvalue weighted by molar-refractivity contribution is 0.262. The Morgan fingerprint density at radius 2 is 1.66 bits per heavy atom. The SMILES string of the molecule is CNc1cc(Oc2ccc(NC(=O)Nc3cccc(C(C)(C)C)c3)cc2)ncn1. The number of amides is 2. The molecule has 150 valence electrons. The van der Waals surface area contributed by atoms with Crippen molar-refractivity contribution in [2.45, 2.75) is 26.2 Å². The van der Waals surface area contributed by atoms with Gasteiger partial charge in [-0.15, -0.1) is 0 Å². The van der Waals surface area contributed by atoms with Gasteiger partial charge in [0.05, 0.1) is 0 Å². The molecule has 0 aliphatic carbocycles. The van der Waals surface area contributed by atoms with Crippen LogP contribution < -0.4 is 20.7 Å². The van der Waals surface area contributed by atoms with Crippen molar-refractivity contribution in [2.75, 3.05) is 23.0 Å². The summed E-state index contributed by atoms with van der Waals surface area (Å²) in [5.41, 5.74) is 2.57. The number of carbonyl (C=O) groups excluding carboxylic acids is 1. The average Bonchev–Trinajstić information content (AvgIpc) is 2.69. The number of aromatic nitrogens is 2. The molecule has 2 aromatic carbocycles. The number of ether oxygens (including phenoxy) is 1. The van der Waals surface area contributed by atoms with E-state index in [0.717, 1.165) is 11.3 Å². The van der Waals surface area contributed by atoms with Gasteiger partial charge < -0.3 is 20.7 Å². The summed E-state index contributed by atoms with van der Waals surface area (Å²) in [5.74, 6) is 1.71. The molecule has 0 unspecified atom stereocenters. The molecule has 3 aromatic rings. The molecule has 0 spiro atoms. The minimum absolute atomic E-state index is 0.0155. The molecule has 1 aromatic heterocycles. The van der Waals surface area contributed by atoms with Crippen LogP contribution in [-0.2, 0) is 5.41 Å². The first-order valence-electron chi connectivity index (χ1n) is 9.30. The number of nitrogens with one attached hydrogen (secondary N) is 3. The van der Waals surface area contributed by atoms with Crippen molar-refractivity contribution in [3.8, 4) is 11.6 Å². The Balaban J connectivity index is 1.60. The van der Waals surface area contributed by atoms with E-state index in [1.165, 1.54) is 6.33 Å². The maximum absolute atomic E-state index is 12.3. The van der Waals surface area contributed by atoms with Gasteiger partial charge in [0.1, 0.15) is 17.9 Å². The molecular formula is C22H25N5O2. The fourth-order valence-electron chi connectivity index (χ4n) is 2.62. The zero-order valence-corrected chi connectivity index (χ0v) is 17.0. The Labute approximate surface area is 170 Å². The van der Waals surface area contributed by atoms with E-state index in [1.807, 2.05) is 18.2 Å². The van der Waals surface area contributed by atoms with Gasteiger partial charge in [-0.1, -0.05) is 32.9 Å². The van der Waals surface area contributed by atoms with E-state index in [9.17, 15) is 4.79 Å². The number of hydrogen-bond acceptors (Lipinski definition) is 5. The second kappa shape index (κ2) is 8.60. The maximum Gasteiger partial charge on any atom is 0.323 e. The molecule has 2 amide bonds. The predicted octanol–water partition coefficient (Wildman–Crippen LogP) is 5.25. The minimum Gasteiger partial charge on any atom is -0.439 e. The first kappa shape index (κ1) is 20.1. The van der Waals surface area contributed by atoms with Gasteiger partial charge in [0.25, 0.3) is 0 Å². The highest BCUT2D eigenvalue weighted by atomic mass is 16.5. The molecule has 0 radical (unpaired) electrons. The fraction of sp³-hybridized carbons (Fsp3) is 0.227. The number of urea groups is 1. The topological polar surface area (TPSA) is 88.2 Å². The first-order valence-corrected chi connectivity index (χ1v) is 9.30. The first-order chi connectivity index (χ1) is 13.8. The standard InChI is InChI=1S/C22H25N5O2/c1-22(2,3)15-6-5-7-17(12-15)27-21(28)26-16-8-10-18(11-9-16)29-20-13-19(23-4)24-14-25-20/h5-14H,1-4H3,(H,23,24,25)(H2,26,27,28). The van der Waals surface area contributed by atoms with Gasteiger partial charge in [0.15, 0.2) is 0 Å². The van der Waals surface area contributed by atoms with Crippen LogP contribution >= 0.6 is 0 Å². The number of anilines is 3. The number of rotatable bonds is 5. The highest BCUT2D eigenvalue weighted by Crippen LogP contribution is 2.25. The molecule has 0 saturated carbocycles. The highest BCUT2D eigenvalue weighted by Gasteiger charge is 2.14. The van der Waals surface area contributed by atoms with Crippen molar-refractivity contribution in [1.29, 1.82) is 0 Å². The van der Waals surface area contributed by atoms with Crippen LogP contribution in [0.15, 0.2) is 60.9 Å². The summed E-state index contributed by atoms with van der Waals surface area (Å²) in [4.78, 5) is 20.4. The molecule has 0 aliphatic rings. The summed E-state index contributed by atoms with van der Waals surface area (Å²) in [7, 11) is 1.77. The molecule has 3 N–H and O–H groups in total. The number of benzene rings is 2. The third-order valence-corrected chi connectivity index (χ3v) is 4.22. The van der Waals surface area contributed by atoms with Gasteiger partial charge in [-0.3, -0.25) is 0 Å². The predicted molar refractivity (Wildman–Crippen MR) is 116 cm³/mol. The summed E-state index contributed by atoms with van der Waals surface area (Å²) >= 11 is 0. The van der Waals surface area contributed by atoms with Crippen molar-refractivity contribution in [3.63, 3.8) is 0 Å². The largest absolute Gasteiger partial charge is 0.439 e. The van der Waals surface area contributed by atoms with Gasteiger partial charge in [0, 0.05) is 24.5 Å². The lowest BCUT2D eigenvalue weighted by Crippen LogP contribution is -2.20. The molecule has 0 aliphatic heterocycles. The van der Waals surface area contributed by atoms with E-state index in [0.29, 0.717) is 23.1 Å². The Bertz CT molecular complexity index is 981. The van der Waals surface area contributed by atoms with E-state index in [4.69, 9.17) is 4.74 Å². The smallest absolute Gasteiger partial charge is 0.323 e. The van der Waals surface area contributed by atoms with Crippen LogP contribution in [0.1, 0.15) is 26.3 Å². The molecular weight excluding hydrogens is 366 g/mol. The Morgan fingerprint density at radius 1 is 0.931 bits per heavy atom. The summed E-state index contributed by atoms with van der Waals surface area (Å²) in [6.45, 7) is 6.41. The minimum atomic E-state index is -0.306. The van der Waals surface area contributed by atoms with Crippen molar-refractivity contribution in [1.82, 2.24) is 9.97 Å². The van der Waals surface area contributed by atoms with Crippen LogP contribution in [0.3, 0.4) is 0 Å². The number of nitrogens with zero attached hydrogens (tertiary/aromatic N) is 2. The number of carbonyl (C=O) groups is 1. The van der Waals surface area contributed by atoms with Gasteiger partial charge >= 0.3 is 6.03 Å². The van der Waals surface area contributed by atoms with Crippen LogP contribution in [0.4, 0.5) is 22.0 Å². The third kappa shape index (κ3) is 5.68. The van der Waals surface area contributed by atoms with E-state index in [1.54, 1.807) is 37.4 Å². The molecule has 7 nitrogen and oxygen atoms in total. The van der Waals surface area contributed by atoms with Crippen molar-refractivity contribution in [3.05, 3.63) is 66.5 Å². The average molecular weight is 391 g/mol. The summed E-state index contributed by atoms with van der Waals surface area (Å²) in [6.07, 6.45) is 1.43. The summed E-state index contributed by atoms with van der Waals surface area (Å²) in [6, 6.07) is 16.3. The van der Waals surface area contributed by atoms with Gasteiger partial charge in [-0.2, -0.15) is 0 Å². The van der Waals surface area contributed by atoms with Crippen molar-refractivity contribution in [2.24, 2.45) is 0 Å². The maximum atomic E-state index is 12.3. The van der Waals surface area contributed by atoms with Crippen LogP contribution in [-0.4, -0.2) is 23.0 Å². The van der Waals surface area contributed by atoms with Gasteiger partial charge in [0.2, 0.25) is 5.88 Å². The van der Waals surface area contributed by atoms with Crippen LogP contribution in [0.25, 0.3) is 0 Å². The third-order valence-electron chi connectivity index (χ3n) is 4.22. The van der Waals surface area contributed by atoms with Crippen molar-refractivity contribution < 1.29 is 9.53 Å². The quantitative estimate of drug-likeness (QED) is 0.553. The summed E-state index contributed by atoms with van der Waals surface area (Å²) in [5, 5.41) is 8.61. The lowest BCUT2D eigenvalue weighted by atomic mass is 9.87. The summed E-state index contributed by atoms with van der Waals surface area (Å²) < 4.78 is 5.70. The van der Waals surface area contributed by atoms with E-state index in [-0.39, 0.29) is 11.4 Å². The van der Waals surface area contributed by atoms with Crippen LogP contribution in [0, 0.1) is 0 Å². The molecule has 0 saturated heterocycles. The monoisotopic (exact) mass is 391 g/mol. The second-order valence-electron chi connectivity index (χ2n) is 7.53. The zero-order chi connectivity index (χ0) is 20.9. The van der Waals surface area contributed by atoms with Crippen molar-refractivity contribution >= 4 is 23.2 Å². The molecule has 29 heavy (non-hydrogen) atoms. The normalized spacial score (nSPS) is 10.9. The second-order valence-corrected chi connectivity index (χ2v) is 7.53. The van der Waals surface area contributed by atoms with Gasteiger partial charge in [-0.05, 0) is 47.4 Å². The van der Waals surface area contributed by atoms with E-state index in [2.05, 4.69) is 52.8 Å². The van der Waals surface area contributed by atoms with Crippen LogP contribution in [0.5, 0.6) is 11.6 Å². The molecule has 3 rings (SSSR count). The highest BCUT2D eigenvalue weighted by molar-refractivity contribution is 5.99. The van der Waals surface area contributed by atoms with Gasteiger partial charge in [-0.25, -0.2) is 14.8 Å². The zero-order valence-electron chi connectivity index (χ0n) is 17.0. The Kier molecular flexibility index (Phi) is 5.97. The number of hydrogen-bond donors (Lipinski definition) is 3.